The molecule has 3 heteroatoms. The quantitative estimate of drug-likeness (QED) is 0.512. The van der Waals surface area contributed by atoms with Crippen molar-refractivity contribution in [2.24, 2.45) is 0 Å². The molecular weight excluding hydrogens is 180 g/mol. The zero-order valence-electron chi connectivity index (χ0n) is 8.92. The van der Waals surface area contributed by atoms with E-state index >= 15 is 0 Å². The number of ketones is 1. The van der Waals surface area contributed by atoms with Gasteiger partial charge in [0, 0.05) is 5.57 Å². The second-order valence-electron chi connectivity index (χ2n) is 4.19. The highest BCUT2D eigenvalue weighted by Gasteiger charge is 2.28. The van der Waals surface area contributed by atoms with Gasteiger partial charge in [-0.05, 0) is 33.6 Å². The van der Waals surface area contributed by atoms with E-state index in [1.165, 1.54) is 0 Å². The van der Waals surface area contributed by atoms with Crippen molar-refractivity contribution < 1.29 is 14.3 Å². The summed E-state index contributed by atoms with van der Waals surface area (Å²) in [5.74, 6) is 0.570. The number of allylic oxidation sites excluding steroid dienone is 2. The van der Waals surface area contributed by atoms with E-state index in [0.717, 1.165) is 6.42 Å². The third-order valence-corrected chi connectivity index (χ3v) is 2.44. The Morgan fingerprint density at radius 2 is 2.21 bits per heavy atom. The van der Waals surface area contributed by atoms with Crippen molar-refractivity contribution in [1.82, 2.24) is 0 Å². The van der Waals surface area contributed by atoms with Crippen LogP contribution in [0.1, 0.15) is 40.0 Å². The fraction of sp³-hybridized carbons (Fsp3) is 0.636. The van der Waals surface area contributed by atoms with E-state index in [0.29, 0.717) is 24.0 Å². The molecule has 1 rings (SSSR count). The normalized spacial score (nSPS) is 20.2. The summed E-state index contributed by atoms with van der Waals surface area (Å²) in [5, 5.41) is 0. The molecule has 1 heterocycles. The first kappa shape index (κ1) is 11.0. The summed E-state index contributed by atoms with van der Waals surface area (Å²) in [6, 6.07) is 0. The van der Waals surface area contributed by atoms with Gasteiger partial charge in [-0.1, -0.05) is 0 Å². The van der Waals surface area contributed by atoms with Gasteiger partial charge in [-0.15, -0.1) is 0 Å². The largest absolute Gasteiger partial charge is 0.492 e. The monoisotopic (exact) mass is 196 g/mol. The molecule has 0 spiro atoms. The molecule has 3 nitrogen and oxygen atoms in total. The second-order valence-corrected chi connectivity index (χ2v) is 4.19. The first-order chi connectivity index (χ1) is 6.46. The predicted molar refractivity (Wildman–Crippen MR) is 52.8 cm³/mol. The van der Waals surface area contributed by atoms with Gasteiger partial charge in [0.2, 0.25) is 0 Å². The van der Waals surface area contributed by atoms with Crippen molar-refractivity contribution in [1.29, 1.82) is 0 Å². The Labute approximate surface area is 84.1 Å². The highest BCUT2D eigenvalue weighted by atomic mass is 16.5. The Bertz CT molecular complexity index is 287. The number of ether oxygens (including phenoxy) is 1. The van der Waals surface area contributed by atoms with Gasteiger partial charge < -0.3 is 9.53 Å². The molecule has 0 saturated carbocycles. The number of Topliss-reactive ketones (excluding diaryl/α,β-unsaturated/α-hetero) is 1. The Morgan fingerprint density at radius 3 is 2.71 bits per heavy atom. The lowest BCUT2D eigenvalue weighted by Crippen LogP contribution is -2.29. The Kier molecular flexibility index (Phi) is 3.09. The molecule has 0 amide bonds. The van der Waals surface area contributed by atoms with Gasteiger partial charge in [-0.25, -0.2) is 0 Å². The summed E-state index contributed by atoms with van der Waals surface area (Å²) < 4.78 is 5.60. The molecule has 0 bridgehead atoms. The highest BCUT2D eigenvalue weighted by molar-refractivity contribution is 6.02. The number of carbonyl (C=O) groups is 2. The molecule has 1 aliphatic heterocycles. The predicted octanol–water partition coefficient (Wildman–Crippen LogP) is 2.01. The van der Waals surface area contributed by atoms with E-state index in [2.05, 4.69) is 0 Å². The average molecular weight is 196 g/mol. The summed E-state index contributed by atoms with van der Waals surface area (Å²) in [5.41, 5.74) is 0.492. The van der Waals surface area contributed by atoms with Crippen LogP contribution in [-0.4, -0.2) is 17.7 Å². The molecule has 0 radical (unpaired) electrons. The number of carbonyl (C=O) groups excluding carboxylic acids is 2. The molecular formula is C11H16O3. The minimum absolute atomic E-state index is 0.0313. The summed E-state index contributed by atoms with van der Waals surface area (Å²) in [7, 11) is 0. The second kappa shape index (κ2) is 3.95. The van der Waals surface area contributed by atoms with E-state index in [9.17, 15) is 9.59 Å². The van der Waals surface area contributed by atoms with Crippen LogP contribution < -0.4 is 0 Å². The summed E-state index contributed by atoms with van der Waals surface area (Å²) in [6.45, 7) is 5.79. The molecule has 0 aromatic carbocycles. The highest BCUT2D eigenvalue weighted by Crippen LogP contribution is 2.31. The lowest BCUT2D eigenvalue weighted by atomic mass is 9.92. The van der Waals surface area contributed by atoms with Crippen LogP contribution in [0.5, 0.6) is 0 Å². The van der Waals surface area contributed by atoms with Gasteiger partial charge in [-0.2, -0.15) is 0 Å². The first-order valence-corrected chi connectivity index (χ1v) is 4.82. The van der Waals surface area contributed by atoms with E-state index < -0.39 is 0 Å². The number of hydrogen-bond donors (Lipinski definition) is 0. The molecule has 0 aromatic heterocycles. The zero-order valence-corrected chi connectivity index (χ0v) is 8.92. The van der Waals surface area contributed by atoms with Gasteiger partial charge in [0.05, 0.1) is 6.42 Å². The van der Waals surface area contributed by atoms with Crippen molar-refractivity contribution in [2.45, 2.75) is 45.6 Å². The average Bonchev–Trinajstić information content (AvgIpc) is 2.02. The van der Waals surface area contributed by atoms with Gasteiger partial charge in [-0.3, -0.25) is 4.79 Å². The van der Waals surface area contributed by atoms with Gasteiger partial charge in [0.1, 0.15) is 17.6 Å². The molecule has 0 fully saturated rings. The molecule has 14 heavy (non-hydrogen) atoms. The molecule has 0 unspecified atom stereocenters. The van der Waals surface area contributed by atoms with E-state index in [4.69, 9.17) is 4.74 Å². The van der Waals surface area contributed by atoms with Gasteiger partial charge >= 0.3 is 0 Å². The smallest absolute Gasteiger partial charge is 0.169 e. The van der Waals surface area contributed by atoms with Crippen molar-refractivity contribution in [3.63, 3.8) is 0 Å². The number of aldehydes is 1. The van der Waals surface area contributed by atoms with Crippen LogP contribution in [0.25, 0.3) is 0 Å². The molecule has 78 valence electrons. The van der Waals surface area contributed by atoms with Gasteiger partial charge in [0.25, 0.3) is 0 Å². The molecule has 0 aromatic rings. The van der Waals surface area contributed by atoms with Crippen LogP contribution in [0.3, 0.4) is 0 Å². The fourth-order valence-corrected chi connectivity index (χ4v) is 1.66. The van der Waals surface area contributed by atoms with Crippen LogP contribution in [-0.2, 0) is 14.3 Å². The van der Waals surface area contributed by atoms with E-state index in [1.807, 2.05) is 13.8 Å². The Hall–Kier alpha value is -1.12. The van der Waals surface area contributed by atoms with Crippen LogP contribution in [0, 0.1) is 0 Å². The summed E-state index contributed by atoms with van der Waals surface area (Å²) in [6.07, 6.45) is 2.15. The topological polar surface area (TPSA) is 43.4 Å². The zero-order chi connectivity index (χ0) is 10.8. The summed E-state index contributed by atoms with van der Waals surface area (Å²) in [4.78, 5) is 21.7. The minimum Gasteiger partial charge on any atom is -0.492 e. The maximum absolute atomic E-state index is 11.5. The molecule has 0 atom stereocenters. The Morgan fingerprint density at radius 1 is 1.57 bits per heavy atom. The lowest BCUT2D eigenvalue weighted by molar-refractivity contribution is -0.120. The fourth-order valence-electron chi connectivity index (χ4n) is 1.66. The van der Waals surface area contributed by atoms with Crippen LogP contribution in [0.15, 0.2) is 11.3 Å². The SMILES string of the molecule is CC1=C(C(=O)CC=O)CCC(C)(C)O1. The molecule has 0 aliphatic carbocycles. The first-order valence-electron chi connectivity index (χ1n) is 4.82. The number of hydrogen-bond acceptors (Lipinski definition) is 3. The van der Waals surface area contributed by atoms with Crippen LogP contribution >= 0.6 is 0 Å². The molecule has 0 N–H and O–H groups in total. The van der Waals surface area contributed by atoms with E-state index in [1.54, 1.807) is 6.92 Å². The third kappa shape index (κ3) is 2.44. The maximum atomic E-state index is 11.5. The lowest BCUT2D eigenvalue weighted by Gasteiger charge is -2.32. The molecule has 1 aliphatic rings. The van der Waals surface area contributed by atoms with Crippen molar-refractivity contribution in [2.75, 3.05) is 0 Å². The third-order valence-electron chi connectivity index (χ3n) is 2.44. The van der Waals surface area contributed by atoms with Crippen molar-refractivity contribution in [3.8, 4) is 0 Å². The standard InChI is InChI=1S/C11H16O3/c1-8-9(10(13)5-7-12)4-6-11(2,3)14-8/h7H,4-6H2,1-3H3. The Balaban J connectivity index is 2.80. The van der Waals surface area contributed by atoms with Crippen molar-refractivity contribution in [3.05, 3.63) is 11.3 Å². The van der Waals surface area contributed by atoms with Crippen LogP contribution in [0.4, 0.5) is 0 Å². The maximum Gasteiger partial charge on any atom is 0.169 e. The number of rotatable bonds is 3. The van der Waals surface area contributed by atoms with Crippen LogP contribution in [0.2, 0.25) is 0 Å². The van der Waals surface area contributed by atoms with Gasteiger partial charge in [0.15, 0.2) is 5.78 Å². The molecule has 0 saturated heterocycles. The van der Waals surface area contributed by atoms with Crippen molar-refractivity contribution >= 4 is 12.1 Å². The minimum atomic E-state index is -0.185. The summed E-state index contributed by atoms with van der Waals surface area (Å²) >= 11 is 0. The van der Waals surface area contributed by atoms with E-state index in [-0.39, 0.29) is 17.8 Å².